The Kier molecular flexibility index (Phi) is 5.70. The van der Waals surface area contributed by atoms with Gasteiger partial charge in [-0.3, -0.25) is 4.90 Å². The largest absolute Gasteiger partial charge is 0.393 e. The van der Waals surface area contributed by atoms with E-state index in [0.29, 0.717) is 11.8 Å². The number of hydrogen-bond acceptors (Lipinski definition) is 2. The van der Waals surface area contributed by atoms with Crippen LogP contribution in [0.1, 0.15) is 32.3 Å². The maximum absolute atomic E-state index is 10.3. The average molecular weight is 323 g/mol. The van der Waals surface area contributed by atoms with Gasteiger partial charge in [0.2, 0.25) is 0 Å². The van der Waals surface area contributed by atoms with Gasteiger partial charge in [-0.25, -0.2) is 0 Å². The molecule has 1 fully saturated rings. The van der Waals surface area contributed by atoms with E-state index in [0.717, 1.165) is 32.5 Å². The molecule has 2 nitrogen and oxygen atoms in total. The molecule has 3 rings (SSSR count). The number of hydrogen-bond donors (Lipinski definition) is 1. The van der Waals surface area contributed by atoms with Crippen molar-refractivity contribution in [2.24, 2.45) is 11.8 Å². The Morgan fingerprint density at radius 2 is 1.96 bits per heavy atom. The van der Waals surface area contributed by atoms with Crippen molar-refractivity contribution < 1.29 is 5.11 Å². The van der Waals surface area contributed by atoms with E-state index in [-0.39, 0.29) is 6.10 Å². The first-order valence-electron chi connectivity index (χ1n) is 9.18. The highest BCUT2D eigenvalue weighted by molar-refractivity contribution is 5.34. The Hall–Kier alpha value is -1.64. The number of aliphatic hydroxyl groups excluding tert-OH is 1. The van der Waals surface area contributed by atoms with E-state index < -0.39 is 0 Å². The molecule has 0 unspecified atom stereocenters. The van der Waals surface area contributed by atoms with Gasteiger partial charge in [-0.15, -0.1) is 0 Å². The van der Waals surface area contributed by atoms with Crippen LogP contribution in [0.2, 0.25) is 0 Å². The lowest BCUT2D eigenvalue weighted by atomic mass is 9.85. The Labute approximate surface area is 146 Å². The molecule has 0 bridgehead atoms. The lowest BCUT2D eigenvalue weighted by Gasteiger charge is -2.21. The van der Waals surface area contributed by atoms with Crippen molar-refractivity contribution in [3.63, 3.8) is 0 Å². The standard InChI is InChI=1S/C22H29NO/c1-3-18-10-7-11-20(13-12-18)22-16-23(15-21(22)17(2)24)14-19-8-5-4-6-9-19/h4-9,11-13,17,21-22,24H,3,10,14-16H2,1-2H3/t17-,21+,22+/m1/s1. The molecule has 0 radical (unpaired) electrons. The number of aliphatic hydroxyl groups is 1. The summed E-state index contributed by atoms with van der Waals surface area (Å²) in [5.41, 5.74) is 4.20. The first-order chi connectivity index (χ1) is 11.7. The third kappa shape index (κ3) is 4.06. The number of allylic oxidation sites excluding steroid dienone is 5. The molecule has 2 heteroatoms. The molecule has 1 heterocycles. The van der Waals surface area contributed by atoms with Crippen LogP contribution in [-0.2, 0) is 6.54 Å². The number of likely N-dealkylation sites (tertiary alicyclic amines) is 1. The van der Waals surface area contributed by atoms with Crippen molar-refractivity contribution in [2.75, 3.05) is 13.1 Å². The van der Waals surface area contributed by atoms with Crippen LogP contribution in [0.25, 0.3) is 0 Å². The summed E-state index contributed by atoms with van der Waals surface area (Å²) in [6, 6.07) is 10.6. The van der Waals surface area contributed by atoms with Gasteiger partial charge in [0, 0.05) is 31.5 Å². The normalized spacial score (nSPS) is 26.0. The van der Waals surface area contributed by atoms with Gasteiger partial charge in [0.25, 0.3) is 0 Å². The first-order valence-corrected chi connectivity index (χ1v) is 9.18. The van der Waals surface area contributed by atoms with Crippen molar-refractivity contribution in [3.8, 4) is 0 Å². The predicted molar refractivity (Wildman–Crippen MR) is 101 cm³/mol. The summed E-state index contributed by atoms with van der Waals surface area (Å²) >= 11 is 0. The van der Waals surface area contributed by atoms with Crippen LogP contribution in [0, 0.1) is 11.8 Å². The molecule has 2 aliphatic rings. The SMILES string of the molecule is CCC1=CC=C([C@@H]2CN(Cc3ccccc3)C[C@H]2[C@@H](C)O)C=CC1. The molecule has 1 aromatic rings. The zero-order valence-electron chi connectivity index (χ0n) is 14.9. The van der Waals surface area contributed by atoms with Crippen LogP contribution in [0.4, 0.5) is 0 Å². The summed E-state index contributed by atoms with van der Waals surface area (Å²) in [6.45, 7) is 7.11. The molecule has 1 saturated heterocycles. The quantitative estimate of drug-likeness (QED) is 0.871. The van der Waals surface area contributed by atoms with Gasteiger partial charge in [0.05, 0.1) is 6.10 Å². The fraction of sp³-hybridized carbons (Fsp3) is 0.455. The Bertz CT molecular complexity index is 627. The number of nitrogens with zero attached hydrogens (tertiary/aromatic N) is 1. The average Bonchev–Trinajstić information content (AvgIpc) is 2.86. The highest BCUT2D eigenvalue weighted by atomic mass is 16.3. The van der Waals surface area contributed by atoms with Crippen LogP contribution in [0.15, 0.2) is 65.8 Å². The van der Waals surface area contributed by atoms with Gasteiger partial charge in [-0.1, -0.05) is 67.1 Å². The molecule has 3 atom stereocenters. The van der Waals surface area contributed by atoms with Crippen LogP contribution >= 0.6 is 0 Å². The molecule has 1 aliphatic carbocycles. The van der Waals surface area contributed by atoms with E-state index in [9.17, 15) is 5.11 Å². The highest BCUT2D eigenvalue weighted by Gasteiger charge is 2.36. The number of rotatable bonds is 5. The Balaban J connectivity index is 1.76. The Morgan fingerprint density at radius 3 is 2.67 bits per heavy atom. The molecule has 1 aliphatic heterocycles. The lowest BCUT2D eigenvalue weighted by molar-refractivity contribution is 0.114. The zero-order valence-corrected chi connectivity index (χ0v) is 14.9. The van der Waals surface area contributed by atoms with Crippen molar-refractivity contribution in [1.82, 2.24) is 4.90 Å². The Morgan fingerprint density at radius 1 is 1.17 bits per heavy atom. The number of benzene rings is 1. The summed E-state index contributed by atoms with van der Waals surface area (Å²) in [5.74, 6) is 0.721. The zero-order chi connectivity index (χ0) is 16.9. The van der Waals surface area contributed by atoms with Crippen LogP contribution < -0.4 is 0 Å². The third-order valence-electron chi connectivity index (χ3n) is 5.39. The summed E-state index contributed by atoms with van der Waals surface area (Å²) in [7, 11) is 0. The van der Waals surface area contributed by atoms with Gasteiger partial charge in [0.15, 0.2) is 0 Å². The van der Waals surface area contributed by atoms with E-state index in [1.807, 2.05) is 6.92 Å². The van der Waals surface area contributed by atoms with Crippen LogP contribution in [0.3, 0.4) is 0 Å². The lowest BCUT2D eigenvalue weighted by Crippen LogP contribution is -2.26. The van der Waals surface area contributed by atoms with Crippen molar-refractivity contribution >= 4 is 0 Å². The molecule has 0 spiro atoms. The van der Waals surface area contributed by atoms with Crippen molar-refractivity contribution in [1.29, 1.82) is 0 Å². The monoisotopic (exact) mass is 323 g/mol. The fourth-order valence-corrected chi connectivity index (χ4v) is 3.92. The maximum Gasteiger partial charge on any atom is 0.0558 e. The van der Waals surface area contributed by atoms with Gasteiger partial charge in [0.1, 0.15) is 0 Å². The van der Waals surface area contributed by atoms with Crippen LogP contribution in [-0.4, -0.2) is 29.2 Å². The minimum atomic E-state index is -0.275. The molecule has 128 valence electrons. The van der Waals surface area contributed by atoms with E-state index in [1.165, 1.54) is 16.7 Å². The molecule has 0 aromatic heterocycles. The summed E-state index contributed by atoms with van der Waals surface area (Å²) in [5, 5.41) is 10.3. The second kappa shape index (κ2) is 7.96. The van der Waals surface area contributed by atoms with E-state index in [4.69, 9.17) is 0 Å². The topological polar surface area (TPSA) is 23.5 Å². The van der Waals surface area contributed by atoms with Crippen LogP contribution in [0.5, 0.6) is 0 Å². The molecular weight excluding hydrogens is 294 g/mol. The van der Waals surface area contributed by atoms with E-state index >= 15 is 0 Å². The van der Waals surface area contributed by atoms with Gasteiger partial charge in [-0.05, 0) is 30.9 Å². The van der Waals surface area contributed by atoms with E-state index in [1.54, 1.807) is 0 Å². The minimum absolute atomic E-state index is 0.275. The molecule has 1 aromatic carbocycles. The first kappa shape index (κ1) is 17.2. The smallest absolute Gasteiger partial charge is 0.0558 e. The molecule has 0 saturated carbocycles. The second-order valence-corrected chi connectivity index (χ2v) is 7.14. The third-order valence-corrected chi connectivity index (χ3v) is 5.39. The molecule has 0 amide bonds. The minimum Gasteiger partial charge on any atom is -0.393 e. The summed E-state index contributed by atoms with van der Waals surface area (Å²) in [6.07, 6.45) is 11.0. The van der Waals surface area contributed by atoms with Crippen molar-refractivity contribution in [3.05, 3.63) is 71.3 Å². The highest BCUT2D eigenvalue weighted by Crippen LogP contribution is 2.34. The summed E-state index contributed by atoms with van der Waals surface area (Å²) < 4.78 is 0. The van der Waals surface area contributed by atoms with Gasteiger partial charge in [-0.2, -0.15) is 0 Å². The van der Waals surface area contributed by atoms with Crippen molar-refractivity contribution in [2.45, 2.75) is 39.3 Å². The molecular formula is C22H29NO. The van der Waals surface area contributed by atoms with Gasteiger partial charge < -0.3 is 5.11 Å². The molecule has 1 N–H and O–H groups in total. The predicted octanol–water partition coefficient (Wildman–Crippen LogP) is 4.34. The summed E-state index contributed by atoms with van der Waals surface area (Å²) in [4.78, 5) is 2.49. The molecule has 24 heavy (non-hydrogen) atoms. The second-order valence-electron chi connectivity index (χ2n) is 7.14. The maximum atomic E-state index is 10.3. The van der Waals surface area contributed by atoms with E-state index in [2.05, 4.69) is 66.5 Å². The van der Waals surface area contributed by atoms with Gasteiger partial charge >= 0.3 is 0 Å². The fourth-order valence-electron chi connectivity index (χ4n) is 3.92.